The Kier molecular flexibility index (Phi) is 6.12. The molecule has 1 N–H and O–H groups in total. The van der Waals surface area contributed by atoms with Crippen molar-refractivity contribution in [1.29, 1.82) is 0 Å². The number of aryl methyl sites for hydroxylation is 1. The zero-order chi connectivity index (χ0) is 20.3. The predicted octanol–water partition coefficient (Wildman–Crippen LogP) is 3.49. The number of hydrogen-bond donors (Lipinski definition) is 1. The maximum atomic E-state index is 12.5. The third-order valence-electron chi connectivity index (χ3n) is 4.60. The number of benzene rings is 2. The third kappa shape index (κ3) is 4.57. The van der Waals surface area contributed by atoms with E-state index in [4.69, 9.17) is 0 Å². The summed E-state index contributed by atoms with van der Waals surface area (Å²) >= 11 is 1.56. The summed E-state index contributed by atoms with van der Waals surface area (Å²) in [5.74, 6) is -0.140. The van der Waals surface area contributed by atoms with Crippen LogP contribution in [0.5, 0.6) is 0 Å². The second-order valence-corrected chi connectivity index (χ2v) is 9.49. The molecule has 0 fully saturated rings. The van der Waals surface area contributed by atoms with Gasteiger partial charge in [0.05, 0.1) is 21.2 Å². The van der Waals surface area contributed by atoms with E-state index in [2.05, 4.69) is 9.71 Å². The van der Waals surface area contributed by atoms with Crippen molar-refractivity contribution in [3.63, 3.8) is 0 Å². The lowest BCUT2D eigenvalue weighted by atomic mass is 10.2. The lowest BCUT2D eigenvalue weighted by Crippen LogP contribution is -2.33. The number of aromatic nitrogens is 1. The number of para-hydroxylation sites is 1. The van der Waals surface area contributed by atoms with Crippen LogP contribution in [0.3, 0.4) is 0 Å². The van der Waals surface area contributed by atoms with E-state index in [-0.39, 0.29) is 29.8 Å². The molecule has 0 aliphatic heterocycles. The van der Waals surface area contributed by atoms with Gasteiger partial charge in [-0.3, -0.25) is 4.79 Å². The van der Waals surface area contributed by atoms with Crippen LogP contribution in [-0.4, -0.2) is 37.8 Å². The van der Waals surface area contributed by atoms with Crippen LogP contribution in [0.2, 0.25) is 0 Å². The maximum Gasteiger partial charge on any atom is 0.240 e. The fraction of sp³-hybridized carbons (Fsp3) is 0.300. The molecule has 148 valence electrons. The number of hydrogen-bond acceptors (Lipinski definition) is 5. The Morgan fingerprint density at radius 3 is 2.54 bits per heavy atom. The topological polar surface area (TPSA) is 79.4 Å². The van der Waals surface area contributed by atoms with Crippen LogP contribution in [-0.2, 0) is 14.8 Å². The van der Waals surface area contributed by atoms with E-state index in [0.717, 1.165) is 20.8 Å². The standard InChI is InChI=1S/C20H23N3O3S2/c1-14-8-10-16(11-9-14)28(25,26)21-13-12-19(24)23(3)15(2)20-22-17-6-4-5-7-18(17)27-20/h4-11,15,21H,12-13H2,1-3H3/t15-/m0/s1. The number of nitrogens with zero attached hydrogens (tertiary/aromatic N) is 2. The first-order chi connectivity index (χ1) is 13.3. The van der Waals surface area contributed by atoms with Crippen LogP contribution in [0.25, 0.3) is 10.2 Å². The summed E-state index contributed by atoms with van der Waals surface area (Å²) in [4.78, 5) is 18.9. The molecule has 0 unspecified atom stereocenters. The highest BCUT2D eigenvalue weighted by molar-refractivity contribution is 7.89. The minimum Gasteiger partial charge on any atom is -0.337 e. The highest BCUT2D eigenvalue weighted by Gasteiger charge is 2.21. The molecule has 8 heteroatoms. The minimum atomic E-state index is -3.62. The fourth-order valence-electron chi connectivity index (χ4n) is 2.72. The minimum absolute atomic E-state index is 0.0476. The quantitative estimate of drug-likeness (QED) is 0.638. The summed E-state index contributed by atoms with van der Waals surface area (Å²) < 4.78 is 28.2. The molecule has 3 aromatic rings. The number of carbonyl (C=O) groups excluding carboxylic acids is 1. The lowest BCUT2D eigenvalue weighted by Gasteiger charge is -2.23. The van der Waals surface area contributed by atoms with Gasteiger partial charge in [0.15, 0.2) is 0 Å². The van der Waals surface area contributed by atoms with Gasteiger partial charge in [0.2, 0.25) is 15.9 Å². The number of thiazole rings is 1. The first kappa shape index (κ1) is 20.4. The summed E-state index contributed by atoms with van der Waals surface area (Å²) in [6.45, 7) is 3.86. The van der Waals surface area contributed by atoms with Crippen molar-refractivity contribution in [2.45, 2.75) is 31.2 Å². The summed E-state index contributed by atoms with van der Waals surface area (Å²) in [7, 11) is -1.90. The average molecular weight is 418 g/mol. The number of fused-ring (bicyclic) bond motifs is 1. The van der Waals surface area contributed by atoms with Crippen molar-refractivity contribution >= 4 is 37.5 Å². The van der Waals surface area contributed by atoms with Gasteiger partial charge in [0, 0.05) is 20.0 Å². The molecule has 2 aromatic carbocycles. The first-order valence-corrected chi connectivity index (χ1v) is 11.3. The van der Waals surface area contributed by atoms with Gasteiger partial charge in [-0.25, -0.2) is 18.1 Å². The molecule has 1 amide bonds. The number of nitrogens with one attached hydrogen (secondary N) is 1. The highest BCUT2D eigenvalue weighted by atomic mass is 32.2. The Morgan fingerprint density at radius 2 is 1.86 bits per heavy atom. The number of carbonyl (C=O) groups is 1. The Balaban J connectivity index is 1.58. The van der Waals surface area contributed by atoms with Gasteiger partial charge in [-0.15, -0.1) is 11.3 Å². The van der Waals surface area contributed by atoms with Crippen molar-refractivity contribution in [1.82, 2.24) is 14.6 Å². The van der Waals surface area contributed by atoms with Gasteiger partial charge in [-0.2, -0.15) is 0 Å². The predicted molar refractivity (Wildman–Crippen MR) is 112 cm³/mol. The van der Waals surface area contributed by atoms with Gasteiger partial charge in [0.25, 0.3) is 0 Å². The van der Waals surface area contributed by atoms with Crippen LogP contribution in [0.1, 0.15) is 30.0 Å². The molecule has 6 nitrogen and oxygen atoms in total. The van der Waals surface area contributed by atoms with E-state index in [1.807, 2.05) is 38.1 Å². The van der Waals surface area contributed by atoms with Gasteiger partial charge in [-0.05, 0) is 38.1 Å². The smallest absolute Gasteiger partial charge is 0.240 e. The van der Waals surface area contributed by atoms with E-state index in [1.165, 1.54) is 0 Å². The van der Waals surface area contributed by atoms with Crippen LogP contribution < -0.4 is 4.72 Å². The van der Waals surface area contributed by atoms with Crippen LogP contribution >= 0.6 is 11.3 Å². The van der Waals surface area contributed by atoms with Gasteiger partial charge in [0.1, 0.15) is 5.01 Å². The summed E-state index contributed by atoms with van der Waals surface area (Å²) in [5.41, 5.74) is 1.90. The van der Waals surface area contributed by atoms with Gasteiger partial charge in [-0.1, -0.05) is 29.8 Å². The van der Waals surface area contributed by atoms with Crippen molar-refractivity contribution < 1.29 is 13.2 Å². The average Bonchev–Trinajstić information content (AvgIpc) is 3.11. The van der Waals surface area contributed by atoms with Gasteiger partial charge >= 0.3 is 0 Å². The second-order valence-electron chi connectivity index (χ2n) is 6.66. The normalized spacial score (nSPS) is 12.8. The number of sulfonamides is 1. The molecule has 1 heterocycles. The molecule has 0 bridgehead atoms. The molecule has 0 aliphatic carbocycles. The van der Waals surface area contributed by atoms with E-state index in [9.17, 15) is 13.2 Å². The molecule has 0 aliphatic rings. The Bertz CT molecular complexity index is 1040. The zero-order valence-electron chi connectivity index (χ0n) is 16.0. The van der Waals surface area contributed by atoms with Crippen LogP contribution in [0.4, 0.5) is 0 Å². The third-order valence-corrected chi connectivity index (χ3v) is 7.29. The molecule has 1 aromatic heterocycles. The van der Waals surface area contributed by atoms with Gasteiger partial charge < -0.3 is 4.90 Å². The largest absolute Gasteiger partial charge is 0.337 e. The summed E-state index contributed by atoms with van der Waals surface area (Å²) in [5, 5.41) is 0.859. The van der Waals surface area contributed by atoms with Crippen LogP contribution in [0.15, 0.2) is 53.4 Å². The zero-order valence-corrected chi connectivity index (χ0v) is 17.7. The molecule has 0 saturated heterocycles. The van der Waals surface area contributed by atoms with Crippen molar-refractivity contribution in [3.8, 4) is 0 Å². The monoisotopic (exact) mass is 417 g/mol. The molecule has 0 spiro atoms. The van der Waals surface area contributed by atoms with E-state index >= 15 is 0 Å². The molecule has 0 saturated carbocycles. The summed E-state index contributed by atoms with van der Waals surface area (Å²) in [6.07, 6.45) is 0.0802. The maximum absolute atomic E-state index is 12.5. The lowest BCUT2D eigenvalue weighted by molar-refractivity contribution is -0.131. The summed E-state index contributed by atoms with van der Waals surface area (Å²) in [6, 6.07) is 14.3. The number of amides is 1. The van der Waals surface area contributed by atoms with Crippen LogP contribution in [0, 0.1) is 6.92 Å². The molecule has 3 rings (SSSR count). The molecule has 28 heavy (non-hydrogen) atoms. The molecule has 1 atom stereocenters. The molecule has 0 radical (unpaired) electrons. The SMILES string of the molecule is Cc1ccc(S(=O)(=O)NCCC(=O)N(C)[C@@H](C)c2nc3ccccc3s2)cc1. The molecular formula is C20H23N3O3S2. The van der Waals surface area contributed by atoms with E-state index < -0.39 is 10.0 Å². The Morgan fingerprint density at radius 1 is 1.18 bits per heavy atom. The van der Waals surface area contributed by atoms with Crippen molar-refractivity contribution in [2.75, 3.05) is 13.6 Å². The highest BCUT2D eigenvalue weighted by Crippen LogP contribution is 2.29. The molecular weight excluding hydrogens is 394 g/mol. The Labute approximate surface area is 169 Å². The van der Waals surface area contributed by atoms with E-state index in [1.54, 1.807) is 47.5 Å². The van der Waals surface area contributed by atoms with E-state index in [0.29, 0.717) is 0 Å². The van der Waals surface area contributed by atoms with Crippen molar-refractivity contribution in [2.24, 2.45) is 0 Å². The van der Waals surface area contributed by atoms with Crippen molar-refractivity contribution in [3.05, 3.63) is 59.1 Å². The number of rotatable bonds is 7. The first-order valence-electron chi connectivity index (χ1n) is 8.95. The fourth-order valence-corrected chi connectivity index (χ4v) is 4.81. The second kappa shape index (κ2) is 8.38. The Hall–Kier alpha value is -2.29.